The highest BCUT2D eigenvalue weighted by molar-refractivity contribution is 5.52. The van der Waals surface area contributed by atoms with Crippen LogP contribution in [0.4, 0.5) is 0 Å². The highest BCUT2D eigenvalue weighted by Gasteiger charge is 2.09. The van der Waals surface area contributed by atoms with Crippen LogP contribution in [0.1, 0.15) is 22.6 Å². The third kappa shape index (κ3) is 3.49. The van der Waals surface area contributed by atoms with Crippen molar-refractivity contribution in [3.05, 3.63) is 114 Å². The molecule has 0 nitrogen and oxygen atoms in total. The first-order valence-electron chi connectivity index (χ1n) is 7.18. The molecule has 0 atom stereocenters. The fourth-order valence-corrected chi connectivity index (χ4v) is 2.45. The third-order valence-electron chi connectivity index (χ3n) is 3.54. The topological polar surface area (TPSA) is 0 Å². The van der Waals surface area contributed by atoms with Crippen LogP contribution >= 0.6 is 0 Å². The predicted molar refractivity (Wildman–Crippen MR) is 89.0 cm³/mol. The van der Waals surface area contributed by atoms with Crippen molar-refractivity contribution in [3.63, 3.8) is 0 Å². The standard InChI is InChI=1S/C21H17/c1-4-10-18(11-5-1)16-17-21(19-12-6-2-7-13-19)20-14-8-3-9-15-20/h2-17,21H. The molecule has 0 heterocycles. The summed E-state index contributed by atoms with van der Waals surface area (Å²) in [6.07, 6.45) is 4.44. The molecule has 0 unspecified atom stereocenters. The minimum absolute atomic E-state index is 0.275. The third-order valence-corrected chi connectivity index (χ3v) is 3.54. The second kappa shape index (κ2) is 6.71. The molecule has 0 aromatic heterocycles. The summed E-state index contributed by atoms with van der Waals surface area (Å²) in [5.41, 5.74) is 3.82. The van der Waals surface area contributed by atoms with E-state index in [1.54, 1.807) is 0 Å². The van der Waals surface area contributed by atoms with Crippen LogP contribution < -0.4 is 0 Å². The van der Waals surface area contributed by atoms with Crippen LogP contribution in [-0.4, -0.2) is 0 Å². The summed E-state index contributed by atoms with van der Waals surface area (Å²) in [4.78, 5) is 0. The largest absolute Gasteiger partial charge is 0.0721 e. The first-order valence-corrected chi connectivity index (χ1v) is 7.18. The molecule has 101 valence electrons. The lowest BCUT2D eigenvalue weighted by Crippen LogP contribution is -1.97. The van der Waals surface area contributed by atoms with E-state index < -0.39 is 0 Å². The molecule has 21 heavy (non-hydrogen) atoms. The molecule has 0 aliphatic heterocycles. The van der Waals surface area contributed by atoms with E-state index in [2.05, 4.69) is 91.0 Å². The van der Waals surface area contributed by atoms with Crippen molar-refractivity contribution in [1.29, 1.82) is 0 Å². The Balaban J connectivity index is 1.96. The van der Waals surface area contributed by atoms with Crippen LogP contribution in [0.5, 0.6) is 0 Å². The Kier molecular flexibility index (Phi) is 4.28. The molecule has 0 saturated carbocycles. The van der Waals surface area contributed by atoms with Gasteiger partial charge in [0.15, 0.2) is 0 Å². The smallest absolute Gasteiger partial charge is 0.0272 e. The molecule has 0 spiro atoms. The van der Waals surface area contributed by atoms with Crippen molar-refractivity contribution in [2.45, 2.75) is 5.92 Å². The summed E-state index contributed by atoms with van der Waals surface area (Å²) in [5.74, 6) is 0.275. The van der Waals surface area contributed by atoms with Gasteiger partial charge >= 0.3 is 0 Å². The number of hydrogen-bond acceptors (Lipinski definition) is 0. The first kappa shape index (κ1) is 13.4. The molecule has 0 N–H and O–H groups in total. The Morgan fingerprint density at radius 1 is 0.667 bits per heavy atom. The van der Waals surface area contributed by atoms with Gasteiger partial charge in [-0.05, 0) is 22.8 Å². The van der Waals surface area contributed by atoms with Gasteiger partial charge in [0.1, 0.15) is 0 Å². The van der Waals surface area contributed by atoms with Gasteiger partial charge in [-0.2, -0.15) is 0 Å². The molecule has 0 saturated heterocycles. The maximum Gasteiger partial charge on any atom is 0.0272 e. The van der Waals surface area contributed by atoms with E-state index in [1.165, 1.54) is 16.7 Å². The average Bonchev–Trinajstić information content (AvgIpc) is 2.58. The van der Waals surface area contributed by atoms with Crippen LogP contribution in [0, 0.1) is 6.07 Å². The highest BCUT2D eigenvalue weighted by Crippen LogP contribution is 2.26. The quantitative estimate of drug-likeness (QED) is 0.600. The fourth-order valence-electron chi connectivity index (χ4n) is 2.45. The summed E-state index contributed by atoms with van der Waals surface area (Å²) in [5, 5.41) is 0. The highest BCUT2D eigenvalue weighted by atomic mass is 14.1. The molecule has 0 aliphatic carbocycles. The van der Waals surface area contributed by atoms with Gasteiger partial charge in [0.05, 0.1) is 0 Å². The SMILES string of the molecule is [c]1ccc(C=CC(c2ccccc2)c2ccccc2)cc1. The van der Waals surface area contributed by atoms with Crippen molar-refractivity contribution in [2.24, 2.45) is 0 Å². The molecule has 3 aromatic carbocycles. The van der Waals surface area contributed by atoms with E-state index in [0.717, 1.165) is 0 Å². The molecule has 1 radical (unpaired) electrons. The van der Waals surface area contributed by atoms with Gasteiger partial charge in [-0.1, -0.05) is 97.1 Å². The van der Waals surface area contributed by atoms with E-state index in [-0.39, 0.29) is 5.92 Å². The van der Waals surface area contributed by atoms with Crippen LogP contribution in [0.2, 0.25) is 0 Å². The lowest BCUT2D eigenvalue weighted by atomic mass is 9.90. The van der Waals surface area contributed by atoms with Gasteiger partial charge in [0.2, 0.25) is 0 Å². The molecule has 0 fully saturated rings. The molecule has 0 aliphatic rings. The number of rotatable bonds is 4. The van der Waals surface area contributed by atoms with Gasteiger partial charge in [-0.25, -0.2) is 0 Å². The Morgan fingerprint density at radius 2 is 1.19 bits per heavy atom. The number of benzene rings is 3. The van der Waals surface area contributed by atoms with Crippen LogP contribution in [0.25, 0.3) is 6.08 Å². The minimum atomic E-state index is 0.275. The molecular weight excluding hydrogens is 252 g/mol. The van der Waals surface area contributed by atoms with Crippen molar-refractivity contribution < 1.29 is 0 Å². The van der Waals surface area contributed by atoms with E-state index in [9.17, 15) is 0 Å². The summed E-state index contributed by atoms with van der Waals surface area (Å²) < 4.78 is 0. The van der Waals surface area contributed by atoms with Gasteiger partial charge < -0.3 is 0 Å². The maximum atomic E-state index is 3.05. The lowest BCUT2D eigenvalue weighted by Gasteiger charge is -2.14. The molecule has 3 aromatic rings. The fraction of sp³-hybridized carbons (Fsp3) is 0.0476. The van der Waals surface area contributed by atoms with Gasteiger partial charge in [0.25, 0.3) is 0 Å². The lowest BCUT2D eigenvalue weighted by molar-refractivity contribution is 1.03. The van der Waals surface area contributed by atoms with Crippen LogP contribution in [0.15, 0.2) is 91.0 Å². The molecular formula is C21H17. The maximum absolute atomic E-state index is 3.05. The summed E-state index contributed by atoms with van der Waals surface area (Å²) in [7, 11) is 0. The van der Waals surface area contributed by atoms with Gasteiger partial charge in [-0.3, -0.25) is 0 Å². The summed E-state index contributed by atoms with van der Waals surface area (Å²) in [6, 6.07) is 32.3. The molecule has 0 bridgehead atoms. The zero-order valence-corrected chi connectivity index (χ0v) is 11.8. The zero-order chi connectivity index (χ0) is 14.3. The van der Waals surface area contributed by atoms with Crippen LogP contribution in [0.3, 0.4) is 0 Å². The number of allylic oxidation sites excluding steroid dienone is 1. The van der Waals surface area contributed by atoms with Crippen molar-refractivity contribution in [1.82, 2.24) is 0 Å². The van der Waals surface area contributed by atoms with Gasteiger partial charge in [-0.15, -0.1) is 0 Å². The van der Waals surface area contributed by atoms with Crippen molar-refractivity contribution >= 4 is 6.08 Å². The Bertz CT molecular complexity index is 642. The van der Waals surface area contributed by atoms with E-state index in [4.69, 9.17) is 0 Å². The van der Waals surface area contributed by atoms with Gasteiger partial charge in [0, 0.05) is 5.92 Å². The Morgan fingerprint density at radius 3 is 1.71 bits per heavy atom. The van der Waals surface area contributed by atoms with Crippen molar-refractivity contribution in [2.75, 3.05) is 0 Å². The predicted octanol–water partition coefficient (Wildman–Crippen LogP) is 5.33. The minimum Gasteiger partial charge on any atom is -0.0721 e. The molecule has 0 amide bonds. The van der Waals surface area contributed by atoms with E-state index >= 15 is 0 Å². The first-order chi connectivity index (χ1) is 10.4. The second-order valence-corrected chi connectivity index (χ2v) is 4.99. The Labute approximate surface area is 126 Å². The average molecular weight is 269 g/mol. The monoisotopic (exact) mass is 269 g/mol. The zero-order valence-electron chi connectivity index (χ0n) is 11.8. The van der Waals surface area contributed by atoms with E-state index in [1.807, 2.05) is 12.1 Å². The Hall–Kier alpha value is -2.60. The molecule has 3 rings (SSSR count). The van der Waals surface area contributed by atoms with Crippen LogP contribution in [-0.2, 0) is 0 Å². The summed E-state index contributed by atoms with van der Waals surface area (Å²) >= 11 is 0. The normalized spacial score (nSPS) is 11.1. The summed E-state index contributed by atoms with van der Waals surface area (Å²) in [6.45, 7) is 0. The number of hydrogen-bond donors (Lipinski definition) is 0. The van der Waals surface area contributed by atoms with E-state index in [0.29, 0.717) is 0 Å². The van der Waals surface area contributed by atoms with Crippen molar-refractivity contribution in [3.8, 4) is 0 Å². The molecule has 0 heteroatoms. The second-order valence-electron chi connectivity index (χ2n) is 4.99.